The monoisotopic (exact) mass is 178 g/mol. The number of amidine groups is 1. The van der Waals surface area contributed by atoms with Crippen LogP contribution >= 0.6 is 0 Å². The molecule has 1 aromatic carbocycles. The van der Waals surface area contributed by atoms with Crippen molar-refractivity contribution >= 4 is 11.6 Å². The van der Waals surface area contributed by atoms with Crippen molar-refractivity contribution in [2.75, 3.05) is 0 Å². The van der Waals surface area contributed by atoms with E-state index in [2.05, 4.69) is 0 Å². The van der Waals surface area contributed by atoms with Crippen molar-refractivity contribution < 1.29 is 4.79 Å². The Labute approximate surface area is 78.1 Å². The normalized spacial score (nSPS) is 8.15. The maximum atomic E-state index is 9.44. The number of carbonyl (C=O) groups excluding carboxylic acids is 1. The van der Waals surface area contributed by atoms with E-state index in [1.807, 2.05) is 30.3 Å². The van der Waals surface area contributed by atoms with Gasteiger partial charge in [0.15, 0.2) is 0 Å². The molecule has 0 aromatic heterocycles. The largest absolute Gasteiger partial charge is 0.384 e. The fraction of sp³-hybridized carbons (Fsp3) is 0.200. The first-order chi connectivity index (χ1) is 6.04. The molecule has 0 spiro atoms. The minimum absolute atomic E-state index is 0.121. The van der Waals surface area contributed by atoms with Crippen LogP contribution in [0.1, 0.15) is 19.4 Å². The van der Waals surface area contributed by atoms with Gasteiger partial charge in [-0.15, -0.1) is 0 Å². The second kappa shape index (κ2) is 5.94. The van der Waals surface area contributed by atoms with Gasteiger partial charge in [-0.05, 0) is 13.8 Å². The molecule has 0 atom stereocenters. The van der Waals surface area contributed by atoms with Crippen LogP contribution in [0.3, 0.4) is 0 Å². The Morgan fingerprint density at radius 3 is 1.85 bits per heavy atom. The Morgan fingerprint density at radius 1 is 1.23 bits per heavy atom. The number of Topliss-reactive ketones (excluding diaryl/α,β-unsaturated/α-hetero) is 1. The SMILES string of the molecule is CC(C)=O.N=C(N)c1ccccc1. The lowest BCUT2D eigenvalue weighted by molar-refractivity contribution is -0.114. The molecule has 0 amide bonds. The number of benzene rings is 1. The molecule has 1 rings (SSSR count). The van der Waals surface area contributed by atoms with E-state index in [1.54, 1.807) is 0 Å². The Kier molecular flexibility index (Phi) is 5.19. The van der Waals surface area contributed by atoms with Crippen LogP contribution in [0, 0.1) is 5.41 Å². The third-order valence-electron chi connectivity index (χ3n) is 1.08. The molecule has 0 saturated carbocycles. The maximum Gasteiger partial charge on any atom is 0.126 e. The van der Waals surface area contributed by atoms with E-state index in [0.29, 0.717) is 0 Å². The summed E-state index contributed by atoms with van der Waals surface area (Å²) in [7, 11) is 0. The van der Waals surface area contributed by atoms with Crippen molar-refractivity contribution in [3.8, 4) is 0 Å². The van der Waals surface area contributed by atoms with Crippen molar-refractivity contribution in [3.05, 3.63) is 35.9 Å². The summed E-state index contributed by atoms with van der Waals surface area (Å²) >= 11 is 0. The van der Waals surface area contributed by atoms with E-state index in [-0.39, 0.29) is 11.6 Å². The van der Waals surface area contributed by atoms with Crippen LogP contribution < -0.4 is 5.73 Å². The third kappa shape index (κ3) is 6.75. The summed E-state index contributed by atoms with van der Waals surface area (Å²) in [6.45, 7) is 3.06. The molecule has 3 heteroatoms. The van der Waals surface area contributed by atoms with E-state index in [0.717, 1.165) is 5.56 Å². The number of nitrogens with one attached hydrogen (secondary N) is 1. The maximum absolute atomic E-state index is 9.44. The summed E-state index contributed by atoms with van der Waals surface area (Å²) in [4.78, 5) is 9.44. The minimum Gasteiger partial charge on any atom is -0.384 e. The van der Waals surface area contributed by atoms with E-state index in [9.17, 15) is 4.79 Å². The zero-order valence-electron chi connectivity index (χ0n) is 7.87. The minimum atomic E-state index is 0.121. The molecule has 0 aliphatic rings. The molecule has 0 radical (unpaired) electrons. The number of carbonyl (C=O) groups is 1. The first-order valence-corrected chi connectivity index (χ1v) is 3.90. The molecule has 70 valence electrons. The Bertz CT molecular complexity index is 276. The molecule has 13 heavy (non-hydrogen) atoms. The Morgan fingerprint density at radius 2 is 1.62 bits per heavy atom. The number of nitrogen functional groups attached to an aromatic ring is 1. The van der Waals surface area contributed by atoms with Gasteiger partial charge >= 0.3 is 0 Å². The van der Waals surface area contributed by atoms with Crippen LogP contribution in [0.5, 0.6) is 0 Å². The molecule has 0 heterocycles. The molecule has 3 nitrogen and oxygen atoms in total. The van der Waals surface area contributed by atoms with E-state index in [1.165, 1.54) is 13.8 Å². The number of hydrogen-bond acceptors (Lipinski definition) is 2. The number of nitrogens with two attached hydrogens (primary N) is 1. The molecule has 1 aromatic rings. The molecule has 0 bridgehead atoms. The summed E-state index contributed by atoms with van der Waals surface area (Å²) in [5.74, 6) is 0.288. The van der Waals surface area contributed by atoms with E-state index < -0.39 is 0 Å². The number of rotatable bonds is 1. The quantitative estimate of drug-likeness (QED) is 0.506. The van der Waals surface area contributed by atoms with Crippen molar-refractivity contribution in [1.82, 2.24) is 0 Å². The first-order valence-electron chi connectivity index (χ1n) is 3.90. The average Bonchev–Trinajstić information content (AvgIpc) is 2.05. The summed E-state index contributed by atoms with van der Waals surface area (Å²) in [6, 6.07) is 9.23. The van der Waals surface area contributed by atoms with Gasteiger partial charge in [-0.3, -0.25) is 5.41 Å². The zero-order chi connectivity index (χ0) is 10.3. The van der Waals surface area contributed by atoms with Gasteiger partial charge < -0.3 is 10.5 Å². The highest BCUT2D eigenvalue weighted by molar-refractivity contribution is 5.94. The van der Waals surface area contributed by atoms with Crippen LogP contribution in [0.15, 0.2) is 30.3 Å². The molecule has 3 N–H and O–H groups in total. The van der Waals surface area contributed by atoms with Crippen LogP contribution in [0.2, 0.25) is 0 Å². The van der Waals surface area contributed by atoms with Gasteiger partial charge in [0.1, 0.15) is 11.6 Å². The topological polar surface area (TPSA) is 66.9 Å². The number of hydrogen-bond donors (Lipinski definition) is 2. The fourth-order valence-electron chi connectivity index (χ4n) is 0.618. The smallest absolute Gasteiger partial charge is 0.126 e. The van der Waals surface area contributed by atoms with Crippen molar-refractivity contribution in [3.63, 3.8) is 0 Å². The molecule has 0 fully saturated rings. The molecular weight excluding hydrogens is 164 g/mol. The predicted octanol–water partition coefficient (Wildman–Crippen LogP) is 1.57. The van der Waals surface area contributed by atoms with E-state index >= 15 is 0 Å². The standard InChI is InChI=1S/C7H8N2.C3H6O/c8-7(9)6-4-2-1-3-5-6;1-3(2)4/h1-5H,(H3,8,9);1-2H3. The Hall–Kier alpha value is -1.64. The van der Waals surface area contributed by atoms with E-state index in [4.69, 9.17) is 11.1 Å². The van der Waals surface area contributed by atoms with Crippen LogP contribution in [-0.4, -0.2) is 11.6 Å². The highest BCUT2D eigenvalue weighted by atomic mass is 16.1. The highest BCUT2D eigenvalue weighted by Crippen LogP contribution is 1.94. The number of ketones is 1. The zero-order valence-corrected chi connectivity index (χ0v) is 7.87. The van der Waals surface area contributed by atoms with Crippen LogP contribution in [-0.2, 0) is 4.79 Å². The van der Waals surface area contributed by atoms with Gasteiger partial charge in [0.25, 0.3) is 0 Å². The lowest BCUT2D eigenvalue weighted by Crippen LogP contribution is -2.10. The molecular formula is C10H14N2O. The molecule has 0 aliphatic heterocycles. The Balaban J connectivity index is 0.000000310. The molecule has 0 saturated heterocycles. The van der Waals surface area contributed by atoms with Gasteiger partial charge in [-0.1, -0.05) is 30.3 Å². The van der Waals surface area contributed by atoms with Gasteiger partial charge in [-0.25, -0.2) is 0 Å². The van der Waals surface area contributed by atoms with Gasteiger partial charge in [-0.2, -0.15) is 0 Å². The molecule has 0 aliphatic carbocycles. The van der Waals surface area contributed by atoms with Gasteiger partial charge in [0, 0.05) is 5.56 Å². The average molecular weight is 178 g/mol. The van der Waals surface area contributed by atoms with Gasteiger partial charge in [0.2, 0.25) is 0 Å². The third-order valence-corrected chi connectivity index (χ3v) is 1.08. The molecule has 0 unspecified atom stereocenters. The second-order valence-electron chi connectivity index (χ2n) is 2.69. The highest BCUT2D eigenvalue weighted by Gasteiger charge is 1.89. The summed E-state index contributed by atoms with van der Waals surface area (Å²) < 4.78 is 0. The van der Waals surface area contributed by atoms with Crippen LogP contribution in [0.4, 0.5) is 0 Å². The summed E-state index contributed by atoms with van der Waals surface area (Å²) in [6.07, 6.45) is 0. The van der Waals surface area contributed by atoms with Crippen LogP contribution in [0.25, 0.3) is 0 Å². The predicted molar refractivity (Wildman–Crippen MR) is 53.8 cm³/mol. The summed E-state index contributed by atoms with van der Waals surface area (Å²) in [5, 5.41) is 7.01. The van der Waals surface area contributed by atoms with Crippen molar-refractivity contribution in [2.45, 2.75) is 13.8 Å². The van der Waals surface area contributed by atoms with Gasteiger partial charge in [0.05, 0.1) is 0 Å². The second-order valence-corrected chi connectivity index (χ2v) is 2.69. The van der Waals surface area contributed by atoms with Crippen molar-refractivity contribution in [2.24, 2.45) is 5.73 Å². The lowest BCUT2D eigenvalue weighted by atomic mass is 10.2. The lowest BCUT2D eigenvalue weighted by Gasteiger charge is -1.93. The first kappa shape index (κ1) is 11.4. The summed E-state index contributed by atoms with van der Waals surface area (Å²) in [5.41, 5.74) is 5.97. The van der Waals surface area contributed by atoms with Crippen molar-refractivity contribution in [1.29, 1.82) is 5.41 Å². The fourth-order valence-corrected chi connectivity index (χ4v) is 0.618.